The molecule has 0 unspecified atom stereocenters. The Hall–Kier alpha value is -1.13. The second-order valence-electron chi connectivity index (χ2n) is 3.54. The molecule has 0 atom stereocenters. The molecular formula is C12H14BrN3. The lowest BCUT2D eigenvalue weighted by atomic mass is 10.1. The molecule has 0 aliphatic carbocycles. The molecule has 0 aliphatic rings. The standard InChI is InChI=1S/C12H14BrN3/c1-2-12-15-5-6-16(12)11-4-3-10(13)7-9(11)8-14/h3-7H,2,8,14H2,1H3. The second-order valence-corrected chi connectivity index (χ2v) is 4.46. The van der Waals surface area contributed by atoms with E-state index in [0.717, 1.165) is 28.0 Å². The fraction of sp³-hybridized carbons (Fsp3) is 0.250. The van der Waals surface area contributed by atoms with Crippen molar-refractivity contribution in [1.82, 2.24) is 9.55 Å². The van der Waals surface area contributed by atoms with Gasteiger partial charge in [0.05, 0.1) is 5.69 Å². The lowest BCUT2D eigenvalue weighted by Crippen LogP contribution is -2.06. The molecule has 2 N–H and O–H groups in total. The highest BCUT2D eigenvalue weighted by molar-refractivity contribution is 9.10. The third-order valence-electron chi connectivity index (χ3n) is 2.55. The summed E-state index contributed by atoms with van der Waals surface area (Å²) in [5.41, 5.74) is 7.99. The first-order valence-electron chi connectivity index (χ1n) is 5.27. The first-order valence-corrected chi connectivity index (χ1v) is 6.06. The number of rotatable bonds is 3. The summed E-state index contributed by atoms with van der Waals surface area (Å²) in [6.07, 6.45) is 4.70. The molecule has 1 aromatic carbocycles. The number of nitrogens with zero attached hydrogens (tertiary/aromatic N) is 2. The zero-order valence-corrected chi connectivity index (χ0v) is 10.7. The van der Waals surface area contributed by atoms with E-state index in [1.807, 2.05) is 18.5 Å². The van der Waals surface area contributed by atoms with Crippen molar-refractivity contribution >= 4 is 15.9 Å². The molecule has 84 valence electrons. The van der Waals surface area contributed by atoms with Gasteiger partial charge in [0.2, 0.25) is 0 Å². The van der Waals surface area contributed by atoms with Crippen LogP contribution in [0.25, 0.3) is 5.69 Å². The first-order chi connectivity index (χ1) is 7.76. The van der Waals surface area contributed by atoms with Crippen LogP contribution in [0.4, 0.5) is 0 Å². The van der Waals surface area contributed by atoms with Gasteiger partial charge in [-0.05, 0) is 23.8 Å². The van der Waals surface area contributed by atoms with Crippen molar-refractivity contribution < 1.29 is 0 Å². The number of halogens is 1. The summed E-state index contributed by atoms with van der Waals surface area (Å²) in [4.78, 5) is 4.32. The monoisotopic (exact) mass is 279 g/mol. The van der Waals surface area contributed by atoms with Gasteiger partial charge in [0.15, 0.2) is 0 Å². The van der Waals surface area contributed by atoms with E-state index in [-0.39, 0.29) is 0 Å². The third kappa shape index (κ3) is 2.03. The Labute approximate surface area is 103 Å². The molecule has 0 saturated carbocycles. The maximum Gasteiger partial charge on any atom is 0.112 e. The van der Waals surface area contributed by atoms with Crippen LogP contribution in [0, 0.1) is 0 Å². The van der Waals surface area contributed by atoms with Gasteiger partial charge in [0, 0.05) is 29.8 Å². The molecule has 0 fully saturated rings. The molecule has 0 radical (unpaired) electrons. The fourth-order valence-corrected chi connectivity index (χ4v) is 2.18. The van der Waals surface area contributed by atoms with E-state index >= 15 is 0 Å². The first kappa shape index (κ1) is 11.4. The highest BCUT2D eigenvalue weighted by atomic mass is 79.9. The Bertz CT molecular complexity index is 491. The molecule has 0 bridgehead atoms. The summed E-state index contributed by atoms with van der Waals surface area (Å²) in [5, 5.41) is 0. The Morgan fingerprint density at radius 3 is 2.94 bits per heavy atom. The molecule has 1 aromatic heterocycles. The smallest absolute Gasteiger partial charge is 0.112 e. The fourth-order valence-electron chi connectivity index (χ4n) is 1.77. The van der Waals surface area contributed by atoms with Gasteiger partial charge < -0.3 is 10.3 Å². The average Bonchev–Trinajstić information content (AvgIpc) is 2.76. The van der Waals surface area contributed by atoms with Gasteiger partial charge in [-0.25, -0.2) is 4.98 Å². The van der Waals surface area contributed by atoms with Crippen LogP contribution in [0.1, 0.15) is 18.3 Å². The zero-order chi connectivity index (χ0) is 11.5. The maximum absolute atomic E-state index is 5.76. The van der Waals surface area contributed by atoms with E-state index in [1.54, 1.807) is 0 Å². The molecule has 0 aliphatic heterocycles. The number of benzene rings is 1. The van der Waals surface area contributed by atoms with E-state index in [2.05, 4.69) is 44.5 Å². The molecule has 0 amide bonds. The summed E-state index contributed by atoms with van der Waals surface area (Å²) in [7, 11) is 0. The van der Waals surface area contributed by atoms with Crippen LogP contribution >= 0.6 is 15.9 Å². The average molecular weight is 280 g/mol. The lowest BCUT2D eigenvalue weighted by molar-refractivity contribution is 0.875. The molecule has 0 spiro atoms. The van der Waals surface area contributed by atoms with Crippen molar-refractivity contribution in [2.45, 2.75) is 19.9 Å². The van der Waals surface area contributed by atoms with Crippen LogP contribution in [0.15, 0.2) is 35.1 Å². The normalized spacial score (nSPS) is 10.7. The van der Waals surface area contributed by atoms with Crippen LogP contribution in [0.5, 0.6) is 0 Å². The van der Waals surface area contributed by atoms with E-state index < -0.39 is 0 Å². The van der Waals surface area contributed by atoms with Crippen LogP contribution in [-0.2, 0) is 13.0 Å². The summed E-state index contributed by atoms with van der Waals surface area (Å²) >= 11 is 3.46. The number of hydrogen-bond acceptors (Lipinski definition) is 2. The maximum atomic E-state index is 5.76. The van der Waals surface area contributed by atoms with Crippen LogP contribution in [0.3, 0.4) is 0 Å². The van der Waals surface area contributed by atoms with Crippen LogP contribution < -0.4 is 5.73 Å². The molecule has 16 heavy (non-hydrogen) atoms. The minimum absolute atomic E-state index is 0.524. The molecular weight excluding hydrogens is 266 g/mol. The van der Waals surface area contributed by atoms with Crippen molar-refractivity contribution in [3.8, 4) is 5.69 Å². The van der Waals surface area contributed by atoms with E-state index in [4.69, 9.17) is 5.73 Å². The summed E-state index contributed by atoms with van der Waals surface area (Å²) < 4.78 is 3.14. The minimum Gasteiger partial charge on any atom is -0.326 e. The molecule has 0 saturated heterocycles. The highest BCUT2D eigenvalue weighted by Crippen LogP contribution is 2.21. The predicted molar refractivity (Wildman–Crippen MR) is 68.5 cm³/mol. The third-order valence-corrected chi connectivity index (χ3v) is 3.05. The minimum atomic E-state index is 0.524. The van der Waals surface area contributed by atoms with E-state index in [0.29, 0.717) is 6.54 Å². The van der Waals surface area contributed by atoms with Gasteiger partial charge in [-0.1, -0.05) is 22.9 Å². The van der Waals surface area contributed by atoms with E-state index in [9.17, 15) is 0 Å². The van der Waals surface area contributed by atoms with Crippen molar-refractivity contribution in [2.75, 3.05) is 0 Å². The quantitative estimate of drug-likeness (QED) is 0.939. The molecule has 2 rings (SSSR count). The molecule has 1 heterocycles. The predicted octanol–water partition coefficient (Wildman–Crippen LogP) is 2.66. The highest BCUT2D eigenvalue weighted by Gasteiger charge is 2.07. The molecule has 3 nitrogen and oxygen atoms in total. The topological polar surface area (TPSA) is 43.8 Å². The lowest BCUT2D eigenvalue weighted by Gasteiger charge is -2.11. The van der Waals surface area contributed by atoms with Gasteiger partial charge in [-0.2, -0.15) is 0 Å². The van der Waals surface area contributed by atoms with Crippen molar-refractivity contribution in [3.63, 3.8) is 0 Å². The summed E-state index contributed by atoms with van der Waals surface area (Å²) in [5.74, 6) is 1.05. The van der Waals surface area contributed by atoms with Gasteiger partial charge >= 0.3 is 0 Å². The number of nitrogens with two attached hydrogens (primary N) is 1. The van der Waals surface area contributed by atoms with Gasteiger partial charge in [0.25, 0.3) is 0 Å². The van der Waals surface area contributed by atoms with Crippen LogP contribution in [0.2, 0.25) is 0 Å². The van der Waals surface area contributed by atoms with Crippen molar-refractivity contribution in [3.05, 3.63) is 46.5 Å². The van der Waals surface area contributed by atoms with Gasteiger partial charge in [-0.15, -0.1) is 0 Å². The zero-order valence-electron chi connectivity index (χ0n) is 9.15. The van der Waals surface area contributed by atoms with Crippen molar-refractivity contribution in [2.24, 2.45) is 5.73 Å². The molecule has 2 aromatic rings. The second kappa shape index (κ2) is 4.80. The Kier molecular flexibility index (Phi) is 3.41. The Balaban J connectivity index is 2.55. The SMILES string of the molecule is CCc1nccn1-c1ccc(Br)cc1CN. The van der Waals surface area contributed by atoms with Crippen molar-refractivity contribution in [1.29, 1.82) is 0 Å². The summed E-state index contributed by atoms with van der Waals surface area (Å²) in [6, 6.07) is 6.13. The number of hydrogen-bond donors (Lipinski definition) is 1. The van der Waals surface area contributed by atoms with E-state index in [1.165, 1.54) is 0 Å². The summed E-state index contributed by atoms with van der Waals surface area (Å²) in [6.45, 7) is 2.62. The molecule has 4 heteroatoms. The van der Waals surface area contributed by atoms with Gasteiger partial charge in [0.1, 0.15) is 5.82 Å². The number of imidazole rings is 1. The van der Waals surface area contributed by atoms with Gasteiger partial charge in [-0.3, -0.25) is 0 Å². The van der Waals surface area contributed by atoms with Crippen LogP contribution in [-0.4, -0.2) is 9.55 Å². The largest absolute Gasteiger partial charge is 0.326 e. The Morgan fingerprint density at radius 1 is 1.44 bits per heavy atom. The number of aromatic nitrogens is 2. The Morgan fingerprint density at radius 2 is 2.25 bits per heavy atom. The number of aryl methyl sites for hydroxylation is 1.